The van der Waals surface area contributed by atoms with Gasteiger partial charge in [-0.25, -0.2) is 0 Å². The molecule has 1 saturated carbocycles. The zero-order valence-corrected chi connectivity index (χ0v) is 10.4. The molecule has 1 aliphatic rings. The fourth-order valence-corrected chi connectivity index (χ4v) is 2.28. The molecule has 0 unspecified atom stereocenters. The van der Waals surface area contributed by atoms with Gasteiger partial charge in [-0.1, -0.05) is 19.3 Å². The van der Waals surface area contributed by atoms with Crippen molar-refractivity contribution in [2.75, 3.05) is 25.9 Å². The van der Waals surface area contributed by atoms with Crippen molar-refractivity contribution < 1.29 is 0 Å². The molecule has 0 radical (unpaired) electrons. The van der Waals surface area contributed by atoms with Crippen molar-refractivity contribution in [2.24, 2.45) is 5.92 Å². The lowest BCUT2D eigenvalue weighted by atomic mass is 9.85. The van der Waals surface area contributed by atoms with E-state index in [2.05, 4.69) is 24.6 Å². The second-order valence-corrected chi connectivity index (χ2v) is 5.14. The summed E-state index contributed by atoms with van der Waals surface area (Å²) in [6, 6.07) is 0. The summed E-state index contributed by atoms with van der Waals surface area (Å²) in [5.74, 6) is 2.08. The normalized spacial score (nSPS) is 17.4. The maximum Gasteiger partial charge on any atom is 0.000661 e. The number of unbranched alkanes of at least 4 members (excludes halogenated alkanes) is 3. The van der Waals surface area contributed by atoms with E-state index in [4.69, 9.17) is 0 Å². The summed E-state index contributed by atoms with van der Waals surface area (Å²) < 4.78 is 0. The van der Waals surface area contributed by atoms with Gasteiger partial charge in [0.2, 0.25) is 0 Å². The molecule has 0 saturated heterocycles. The first kappa shape index (κ1) is 12.4. The van der Waals surface area contributed by atoms with Crippen LogP contribution in [0, 0.1) is 5.92 Å². The molecule has 0 amide bonds. The summed E-state index contributed by atoms with van der Waals surface area (Å²) >= 11 is 4.22. The molecule has 2 heteroatoms. The van der Waals surface area contributed by atoms with E-state index in [0.29, 0.717) is 0 Å². The Kier molecular flexibility index (Phi) is 6.70. The fraction of sp³-hybridized carbons (Fsp3) is 1.00. The van der Waals surface area contributed by atoms with Gasteiger partial charge in [0.1, 0.15) is 0 Å². The van der Waals surface area contributed by atoms with E-state index in [9.17, 15) is 0 Å². The lowest BCUT2D eigenvalue weighted by Gasteiger charge is -2.30. The topological polar surface area (TPSA) is 3.24 Å². The van der Waals surface area contributed by atoms with Gasteiger partial charge in [-0.3, -0.25) is 0 Å². The maximum absolute atomic E-state index is 4.22. The summed E-state index contributed by atoms with van der Waals surface area (Å²) in [5.41, 5.74) is 0. The number of hydrogen-bond acceptors (Lipinski definition) is 2. The Bertz CT molecular complexity index is 134. The van der Waals surface area contributed by atoms with E-state index in [1.807, 2.05) is 0 Å². The lowest BCUT2D eigenvalue weighted by molar-refractivity contribution is 0.203. The summed E-state index contributed by atoms with van der Waals surface area (Å²) in [6.45, 7) is 2.63. The van der Waals surface area contributed by atoms with Crippen molar-refractivity contribution in [3.8, 4) is 0 Å². The third-order valence-corrected chi connectivity index (χ3v) is 3.56. The van der Waals surface area contributed by atoms with Crippen molar-refractivity contribution in [3.05, 3.63) is 0 Å². The molecule has 0 N–H and O–H groups in total. The van der Waals surface area contributed by atoms with Crippen LogP contribution in [0.2, 0.25) is 0 Å². The molecule has 1 fully saturated rings. The monoisotopic (exact) mass is 215 g/mol. The van der Waals surface area contributed by atoms with Crippen molar-refractivity contribution in [3.63, 3.8) is 0 Å². The van der Waals surface area contributed by atoms with Crippen LogP contribution in [-0.4, -0.2) is 30.8 Å². The van der Waals surface area contributed by atoms with Gasteiger partial charge in [0.15, 0.2) is 0 Å². The molecule has 1 rings (SSSR count). The first-order chi connectivity index (χ1) is 6.83. The maximum atomic E-state index is 4.22. The highest BCUT2D eigenvalue weighted by atomic mass is 32.1. The third kappa shape index (κ3) is 5.26. The lowest BCUT2D eigenvalue weighted by Crippen LogP contribution is -2.30. The van der Waals surface area contributed by atoms with E-state index in [0.717, 1.165) is 11.7 Å². The smallest absolute Gasteiger partial charge is 0.000661 e. The standard InChI is InChI=1S/C12H25NS/c1-13(11-12-7-6-8-12)9-4-2-3-5-10-14/h12,14H,2-11H2,1H3. The third-order valence-electron chi connectivity index (χ3n) is 3.24. The molecule has 14 heavy (non-hydrogen) atoms. The zero-order chi connectivity index (χ0) is 10.2. The molecule has 1 aliphatic carbocycles. The van der Waals surface area contributed by atoms with Crippen LogP contribution < -0.4 is 0 Å². The van der Waals surface area contributed by atoms with Gasteiger partial charge in [0.25, 0.3) is 0 Å². The van der Waals surface area contributed by atoms with Crippen LogP contribution in [0.25, 0.3) is 0 Å². The quantitative estimate of drug-likeness (QED) is 0.481. The molecule has 84 valence electrons. The van der Waals surface area contributed by atoms with Crippen molar-refractivity contribution in [1.82, 2.24) is 4.90 Å². The SMILES string of the molecule is CN(CCCCCCS)CC1CCC1. The molecule has 0 aliphatic heterocycles. The van der Waals surface area contributed by atoms with Crippen LogP contribution in [0.15, 0.2) is 0 Å². The molecule has 1 nitrogen and oxygen atoms in total. The van der Waals surface area contributed by atoms with Crippen LogP contribution in [-0.2, 0) is 0 Å². The van der Waals surface area contributed by atoms with Crippen LogP contribution >= 0.6 is 12.6 Å². The van der Waals surface area contributed by atoms with Gasteiger partial charge in [-0.05, 0) is 50.9 Å². The molecule has 0 spiro atoms. The first-order valence-electron chi connectivity index (χ1n) is 6.12. The number of hydrogen-bond donors (Lipinski definition) is 1. The van der Waals surface area contributed by atoms with E-state index in [-0.39, 0.29) is 0 Å². The Morgan fingerprint density at radius 1 is 1.14 bits per heavy atom. The van der Waals surface area contributed by atoms with Crippen LogP contribution in [0.4, 0.5) is 0 Å². The van der Waals surface area contributed by atoms with Gasteiger partial charge in [-0.15, -0.1) is 0 Å². The molecule has 0 aromatic carbocycles. The van der Waals surface area contributed by atoms with Crippen molar-refractivity contribution >= 4 is 12.6 Å². The van der Waals surface area contributed by atoms with Crippen LogP contribution in [0.5, 0.6) is 0 Å². The Balaban J connectivity index is 1.84. The van der Waals surface area contributed by atoms with E-state index in [1.165, 1.54) is 58.0 Å². The average Bonchev–Trinajstić information content (AvgIpc) is 2.11. The number of thiol groups is 1. The van der Waals surface area contributed by atoms with Gasteiger partial charge >= 0.3 is 0 Å². The Morgan fingerprint density at radius 2 is 1.86 bits per heavy atom. The van der Waals surface area contributed by atoms with Gasteiger partial charge in [0, 0.05) is 6.54 Å². The highest BCUT2D eigenvalue weighted by Crippen LogP contribution is 2.26. The molecule has 0 heterocycles. The van der Waals surface area contributed by atoms with E-state index >= 15 is 0 Å². The molecule has 0 atom stereocenters. The minimum atomic E-state index is 1.03. The molecular weight excluding hydrogens is 190 g/mol. The van der Waals surface area contributed by atoms with Gasteiger partial charge in [-0.2, -0.15) is 12.6 Å². The highest BCUT2D eigenvalue weighted by molar-refractivity contribution is 7.80. The number of nitrogens with zero attached hydrogens (tertiary/aromatic N) is 1. The zero-order valence-electron chi connectivity index (χ0n) is 9.54. The van der Waals surface area contributed by atoms with Crippen molar-refractivity contribution in [2.45, 2.75) is 44.9 Å². The summed E-state index contributed by atoms with van der Waals surface area (Å²) in [5, 5.41) is 0. The molecule has 0 aromatic rings. The molecular formula is C12H25NS. The Morgan fingerprint density at radius 3 is 2.43 bits per heavy atom. The molecule has 0 aromatic heterocycles. The minimum absolute atomic E-state index is 1.03. The van der Waals surface area contributed by atoms with Gasteiger partial charge in [0.05, 0.1) is 0 Å². The van der Waals surface area contributed by atoms with E-state index < -0.39 is 0 Å². The van der Waals surface area contributed by atoms with Gasteiger partial charge < -0.3 is 4.90 Å². The number of rotatable bonds is 8. The van der Waals surface area contributed by atoms with Crippen molar-refractivity contribution in [1.29, 1.82) is 0 Å². The first-order valence-corrected chi connectivity index (χ1v) is 6.75. The average molecular weight is 215 g/mol. The molecule has 0 bridgehead atoms. The summed E-state index contributed by atoms with van der Waals surface area (Å²) in [6.07, 6.45) is 9.83. The van der Waals surface area contributed by atoms with Crippen LogP contribution in [0.1, 0.15) is 44.9 Å². The van der Waals surface area contributed by atoms with Crippen LogP contribution in [0.3, 0.4) is 0 Å². The highest BCUT2D eigenvalue weighted by Gasteiger charge is 2.18. The minimum Gasteiger partial charge on any atom is -0.306 e. The summed E-state index contributed by atoms with van der Waals surface area (Å²) in [4.78, 5) is 2.52. The summed E-state index contributed by atoms with van der Waals surface area (Å²) in [7, 11) is 2.27. The van der Waals surface area contributed by atoms with E-state index in [1.54, 1.807) is 0 Å². The predicted molar refractivity (Wildman–Crippen MR) is 67.2 cm³/mol. The Labute approximate surface area is 94.7 Å². The predicted octanol–water partition coefficient (Wildman–Crippen LogP) is 3.21. The second-order valence-electron chi connectivity index (χ2n) is 4.70. The Hall–Kier alpha value is 0.310. The largest absolute Gasteiger partial charge is 0.306 e. The fourth-order valence-electron chi connectivity index (χ4n) is 2.05. The second kappa shape index (κ2) is 7.58.